The summed E-state index contributed by atoms with van der Waals surface area (Å²) < 4.78 is 55.6. The lowest BCUT2D eigenvalue weighted by atomic mass is 10.1. The number of fused-ring (bicyclic) bond motifs is 1. The van der Waals surface area contributed by atoms with E-state index in [-0.39, 0.29) is 30.0 Å². The van der Waals surface area contributed by atoms with Crippen molar-refractivity contribution in [3.05, 3.63) is 107 Å². The molecule has 0 spiro atoms. The second-order valence-electron chi connectivity index (χ2n) is 10.6. The number of amides is 1. The minimum Gasteiger partial charge on any atom is -0.454 e. The highest BCUT2D eigenvalue weighted by atomic mass is 32.2. The van der Waals surface area contributed by atoms with Gasteiger partial charge < -0.3 is 24.6 Å². The van der Waals surface area contributed by atoms with E-state index in [1.54, 1.807) is 60.7 Å². The van der Waals surface area contributed by atoms with Gasteiger partial charge in [0.15, 0.2) is 11.5 Å². The van der Waals surface area contributed by atoms with Crippen LogP contribution in [0.25, 0.3) is 0 Å². The molecule has 4 aromatic carbocycles. The van der Waals surface area contributed by atoms with Crippen LogP contribution in [0.15, 0.2) is 89.8 Å². The highest BCUT2D eigenvalue weighted by molar-refractivity contribution is 7.89. The molecule has 9 nitrogen and oxygen atoms in total. The van der Waals surface area contributed by atoms with Crippen molar-refractivity contribution in [2.24, 2.45) is 0 Å². The quantitative estimate of drug-likeness (QED) is 0.268. The van der Waals surface area contributed by atoms with E-state index < -0.39 is 10.0 Å². The molecule has 0 radical (unpaired) electrons. The number of halogens is 1. The normalized spacial score (nSPS) is 14.5. The van der Waals surface area contributed by atoms with E-state index in [1.165, 1.54) is 12.1 Å². The molecule has 2 heterocycles. The molecule has 0 aliphatic carbocycles. The van der Waals surface area contributed by atoms with Gasteiger partial charge in [-0.2, -0.15) is 0 Å². The Labute approximate surface area is 256 Å². The molecule has 1 amide bonds. The molecule has 0 aromatic heterocycles. The first-order valence-electron chi connectivity index (χ1n) is 14.5. The van der Waals surface area contributed by atoms with E-state index in [2.05, 4.69) is 10.0 Å². The lowest BCUT2D eigenvalue weighted by Gasteiger charge is -2.38. The molecular formula is C33H33FN4O5S. The van der Waals surface area contributed by atoms with Crippen LogP contribution in [0.4, 0.5) is 21.5 Å². The van der Waals surface area contributed by atoms with Crippen molar-refractivity contribution in [3.63, 3.8) is 0 Å². The Morgan fingerprint density at radius 1 is 0.818 bits per heavy atom. The second-order valence-corrected chi connectivity index (χ2v) is 12.4. The van der Waals surface area contributed by atoms with Crippen molar-refractivity contribution >= 4 is 33.0 Å². The number of aryl methyl sites for hydroxylation is 1. The minimum absolute atomic E-state index is 0.0276. The Kier molecular flexibility index (Phi) is 8.40. The van der Waals surface area contributed by atoms with Crippen LogP contribution in [-0.4, -0.2) is 47.3 Å². The molecule has 4 aromatic rings. The molecule has 2 aliphatic heterocycles. The van der Waals surface area contributed by atoms with E-state index in [4.69, 9.17) is 9.47 Å². The number of benzene rings is 4. The van der Waals surface area contributed by atoms with Gasteiger partial charge in [-0.25, -0.2) is 17.5 Å². The lowest BCUT2D eigenvalue weighted by molar-refractivity contribution is 0.102. The van der Waals surface area contributed by atoms with Gasteiger partial charge >= 0.3 is 0 Å². The molecule has 2 aliphatic rings. The van der Waals surface area contributed by atoms with Crippen LogP contribution >= 0.6 is 0 Å². The van der Waals surface area contributed by atoms with Gasteiger partial charge in [-0.15, -0.1) is 0 Å². The number of nitrogens with zero attached hydrogens (tertiary/aromatic N) is 2. The van der Waals surface area contributed by atoms with Gasteiger partial charge in [-0.3, -0.25) is 4.79 Å². The third-order valence-electron chi connectivity index (χ3n) is 7.85. The van der Waals surface area contributed by atoms with E-state index in [9.17, 15) is 17.6 Å². The number of rotatable bonds is 9. The van der Waals surface area contributed by atoms with Crippen molar-refractivity contribution in [2.75, 3.05) is 48.1 Å². The number of sulfonamides is 1. The van der Waals surface area contributed by atoms with Gasteiger partial charge in [0, 0.05) is 44.0 Å². The van der Waals surface area contributed by atoms with Gasteiger partial charge in [0.1, 0.15) is 10.7 Å². The summed E-state index contributed by atoms with van der Waals surface area (Å²) in [6.45, 7) is 4.18. The Morgan fingerprint density at radius 2 is 1.50 bits per heavy atom. The van der Waals surface area contributed by atoms with Crippen LogP contribution in [0.2, 0.25) is 0 Å². The topological polar surface area (TPSA) is 100 Å². The molecule has 44 heavy (non-hydrogen) atoms. The van der Waals surface area contributed by atoms with Gasteiger partial charge in [-0.1, -0.05) is 37.3 Å². The maximum Gasteiger partial charge on any atom is 0.255 e. The number of para-hydroxylation sites is 1. The first kappa shape index (κ1) is 29.5. The summed E-state index contributed by atoms with van der Waals surface area (Å²) in [7, 11) is -4.05. The average Bonchev–Trinajstić information content (AvgIpc) is 3.52. The number of ether oxygens (including phenoxy) is 2. The summed E-state index contributed by atoms with van der Waals surface area (Å²) in [5, 5.41) is 2.85. The summed E-state index contributed by atoms with van der Waals surface area (Å²) in [6, 6.07) is 24.1. The molecule has 228 valence electrons. The summed E-state index contributed by atoms with van der Waals surface area (Å²) in [5.74, 6) is 0.546. The highest BCUT2D eigenvalue weighted by Gasteiger charge is 2.27. The third-order valence-corrected chi connectivity index (χ3v) is 9.28. The molecule has 0 bridgehead atoms. The highest BCUT2D eigenvalue weighted by Crippen LogP contribution is 2.34. The van der Waals surface area contributed by atoms with E-state index >= 15 is 0 Å². The van der Waals surface area contributed by atoms with Crippen molar-refractivity contribution in [2.45, 2.75) is 24.8 Å². The molecule has 1 fully saturated rings. The zero-order valence-electron chi connectivity index (χ0n) is 24.3. The number of carbonyl (C=O) groups is 1. The zero-order valence-corrected chi connectivity index (χ0v) is 25.1. The fraction of sp³-hybridized carbons (Fsp3) is 0.242. The fourth-order valence-corrected chi connectivity index (χ4v) is 6.63. The Bertz CT molecular complexity index is 1770. The first-order chi connectivity index (χ1) is 21.3. The first-order valence-corrected chi connectivity index (χ1v) is 16.0. The van der Waals surface area contributed by atoms with Gasteiger partial charge in [0.25, 0.3) is 5.91 Å². The Hall–Kier alpha value is -4.61. The van der Waals surface area contributed by atoms with E-state index in [1.807, 2.05) is 28.9 Å². The molecular weight excluding hydrogens is 583 g/mol. The molecule has 1 saturated heterocycles. The number of anilines is 3. The predicted octanol–water partition coefficient (Wildman–Crippen LogP) is 5.17. The van der Waals surface area contributed by atoms with Crippen molar-refractivity contribution in [3.8, 4) is 11.5 Å². The average molecular weight is 617 g/mol. The van der Waals surface area contributed by atoms with Crippen LogP contribution in [0.1, 0.15) is 28.4 Å². The van der Waals surface area contributed by atoms with Gasteiger partial charge in [0.05, 0.1) is 11.4 Å². The largest absolute Gasteiger partial charge is 0.454 e. The maximum atomic E-state index is 14.4. The van der Waals surface area contributed by atoms with Gasteiger partial charge in [0.2, 0.25) is 16.8 Å². The second kappa shape index (κ2) is 12.6. The lowest BCUT2D eigenvalue weighted by Crippen LogP contribution is -2.47. The SMILES string of the molecule is CCc1ccc(C(=O)Nc2ccc(N3CCN(c4ccccc4F)CC3)c(S(=O)(=O)NCc3ccc4c(c3)OCO4)c2)cc1. The minimum atomic E-state index is -4.05. The standard InChI is InChI=1S/C33H33FN4O5S/c1-2-23-7-10-25(11-8-23)33(39)36-26-12-13-29(38-17-15-37(16-18-38)28-6-4-3-5-27(28)34)32(20-26)44(40,41)35-21-24-9-14-30-31(19-24)43-22-42-30/h3-14,19-20,35H,2,15-18,21-22H2,1H3,(H,36,39). The molecule has 0 saturated carbocycles. The third kappa shape index (κ3) is 6.34. The molecule has 6 rings (SSSR count). The molecule has 0 atom stereocenters. The number of nitrogens with one attached hydrogen (secondary N) is 2. The summed E-state index contributed by atoms with van der Waals surface area (Å²) in [4.78, 5) is 17.0. The number of hydrogen-bond donors (Lipinski definition) is 2. The van der Waals surface area contributed by atoms with Crippen LogP contribution in [0.5, 0.6) is 11.5 Å². The van der Waals surface area contributed by atoms with Crippen molar-refractivity contribution in [1.82, 2.24) is 4.72 Å². The Balaban J connectivity index is 1.25. The van der Waals surface area contributed by atoms with Crippen molar-refractivity contribution in [1.29, 1.82) is 0 Å². The fourth-order valence-electron chi connectivity index (χ4n) is 5.37. The maximum absolute atomic E-state index is 14.4. The number of piperazine rings is 1. The summed E-state index contributed by atoms with van der Waals surface area (Å²) in [6.07, 6.45) is 0.860. The van der Waals surface area contributed by atoms with Crippen LogP contribution in [0.3, 0.4) is 0 Å². The molecule has 0 unspecified atom stereocenters. The van der Waals surface area contributed by atoms with E-state index in [0.29, 0.717) is 65.9 Å². The number of hydrogen-bond acceptors (Lipinski definition) is 7. The molecule has 2 N–H and O–H groups in total. The molecule has 11 heteroatoms. The predicted molar refractivity (Wildman–Crippen MR) is 168 cm³/mol. The van der Waals surface area contributed by atoms with Crippen LogP contribution in [0, 0.1) is 5.82 Å². The van der Waals surface area contributed by atoms with Crippen LogP contribution in [-0.2, 0) is 23.0 Å². The van der Waals surface area contributed by atoms with Crippen LogP contribution < -0.4 is 29.3 Å². The van der Waals surface area contributed by atoms with E-state index in [0.717, 1.165) is 12.0 Å². The van der Waals surface area contributed by atoms with Crippen molar-refractivity contribution < 1.29 is 27.1 Å². The number of carbonyl (C=O) groups excluding carboxylic acids is 1. The monoisotopic (exact) mass is 616 g/mol. The van der Waals surface area contributed by atoms with Gasteiger partial charge in [-0.05, 0) is 72.1 Å². The Morgan fingerprint density at radius 3 is 2.23 bits per heavy atom. The smallest absolute Gasteiger partial charge is 0.255 e. The zero-order chi connectivity index (χ0) is 30.7. The summed E-state index contributed by atoms with van der Waals surface area (Å²) in [5.41, 5.74) is 3.67. The summed E-state index contributed by atoms with van der Waals surface area (Å²) >= 11 is 0.